The maximum absolute atomic E-state index is 13.3. The van der Waals surface area contributed by atoms with Crippen LogP contribution in [-0.2, 0) is 16.1 Å². The maximum atomic E-state index is 13.3. The van der Waals surface area contributed by atoms with Crippen molar-refractivity contribution in [1.29, 1.82) is 0 Å². The molecule has 0 aromatic heterocycles. The number of ether oxygens (including phenoxy) is 1. The van der Waals surface area contributed by atoms with E-state index in [0.717, 1.165) is 23.8 Å². The average molecular weight is 319 g/mol. The van der Waals surface area contributed by atoms with Gasteiger partial charge in [0.2, 0.25) is 0 Å². The summed E-state index contributed by atoms with van der Waals surface area (Å²) in [5.41, 5.74) is 0.629. The lowest BCUT2D eigenvalue weighted by Crippen LogP contribution is -2.34. The van der Waals surface area contributed by atoms with Gasteiger partial charge >= 0.3 is 12.1 Å². The minimum absolute atomic E-state index is 0.0343. The highest BCUT2D eigenvalue weighted by Crippen LogP contribution is 2.21. The Labute approximate surface area is 131 Å². The number of aliphatic carboxylic acids is 1. The van der Waals surface area contributed by atoms with E-state index in [1.807, 2.05) is 0 Å². The Bertz CT molecular complexity index is 685. The molecule has 1 atom stereocenters. The summed E-state index contributed by atoms with van der Waals surface area (Å²) in [5.74, 6) is -2.66. The van der Waals surface area contributed by atoms with Crippen molar-refractivity contribution in [2.75, 3.05) is 0 Å². The van der Waals surface area contributed by atoms with Gasteiger partial charge in [-0.1, -0.05) is 30.3 Å². The number of hydrogen-bond acceptors (Lipinski definition) is 4. The Hall–Kier alpha value is -3.09. The Balaban J connectivity index is 2.04. The number of benzene rings is 2. The third-order valence-corrected chi connectivity index (χ3v) is 2.96. The van der Waals surface area contributed by atoms with Crippen molar-refractivity contribution in [2.45, 2.75) is 12.6 Å². The number of phenolic OH excluding ortho intramolecular Hbond substituents is 1. The monoisotopic (exact) mass is 319 g/mol. The number of halogens is 1. The lowest BCUT2D eigenvalue weighted by atomic mass is 10.1. The van der Waals surface area contributed by atoms with E-state index in [2.05, 4.69) is 5.32 Å². The Morgan fingerprint density at radius 3 is 2.48 bits per heavy atom. The molecular weight excluding hydrogens is 305 g/mol. The van der Waals surface area contributed by atoms with Crippen molar-refractivity contribution in [3.63, 3.8) is 0 Å². The quantitative estimate of drug-likeness (QED) is 0.787. The first-order valence-corrected chi connectivity index (χ1v) is 6.65. The van der Waals surface area contributed by atoms with E-state index in [-0.39, 0.29) is 12.2 Å². The molecule has 0 radical (unpaired) electrons. The van der Waals surface area contributed by atoms with E-state index in [1.54, 1.807) is 30.3 Å². The van der Waals surface area contributed by atoms with Crippen molar-refractivity contribution < 1.29 is 28.9 Å². The first kappa shape index (κ1) is 16.3. The highest BCUT2D eigenvalue weighted by Gasteiger charge is 2.24. The van der Waals surface area contributed by atoms with E-state index in [9.17, 15) is 19.1 Å². The molecule has 2 rings (SSSR count). The van der Waals surface area contributed by atoms with Gasteiger partial charge in [0.05, 0.1) is 0 Å². The van der Waals surface area contributed by atoms with Crippen LogP contribution in [0.2, 0.25) is 0 Å². The highest BCUT2D eigenvalue weighted by molar-refractivity contribution is 5.81. The van der Waals surface area contributed by atoms with Crippen molar-refractivity contribution in [1.82, 2.24) is 5.32 Å². The van der Waals surface area contributed by atoms with Gasteiger partial charge in [0, 0.05) is 6.07 Å². The van der Waals surface area contributed by atoms with Crippen LogP contribution in [0.3, 0.4) is 0 Å². The second kappa shape index (κ2) is 7.26. The van der Waals surface area contributed by atoms with Crippen LogP contribution in [0.25, 0.3) is 0 Å². The van der Waals surface area contributed by atoms with Crippen LogP contribution >= 0.6 is 0 Å². The third-order valence-electron chi connectivity index (χ3n) is 2.96. The molecule has 0 spiro atoms. The summed E-state index contributed by atoms with van der Waals surface area (Å²) in [4.78, 5) is 23.0. The minimum atomic E-state index is -1.54. The number of nitrogens with one attached hydrogen (secondary N) is 1. The molecule has 0 heterocycles. The fourth-order valence-electron chi connectivity index (χ4n) is 1.93. The van der Waals surface area contributed by atoms with Gasteiger partial charge in [-0.05, 0) is 23.3 Å². The first-order valence-electron chi connectivity index (χ1n) is 6.65. The number of carboxylic acid groups (broad SMARTS) is 1. The highest BCUT2D eigenvalue weighted by atomic mass is 19.1. The number of rotatable bonds is 5. The third kappa shape index (κ3) is 4.70. The molecule has 2 aromatic rings. The molecule has 1 amide bonds. The second-order valence-electron chi connectivity index (χ2n) is 4.72. The normalized spacial score (nSPS) is 11.5. The minimum Gasteiger partial charge on any atom is -0.508 e. The van der Waals surface area contributed by atoms with Crippen molar-refractivity contribution in [2.24, 2.45) is 0 Å². The van der Waals surface area contributed by atoms with Gasteiger partial charge in [0.1, 0.15) is 18.2 Å². The molecule has 0 bridgehead atoms. The molecule has 3 N–H and O–H groups in total. The van der Waals surface area contributed by atoms with Gasteiger partial charge in [-0.3, -0.25) is 0 Å². The van der Waals surface area contributed by atoms with Crippen molar-refractivity contribution >= 4 is 12.1 Å². The van der Waals surface area contributed by atoms with Crippen LogP contribution in [0.5, 0.6) is 5.75 Å². The molecule has 0 aliphatic carbocycles. The molecule has 1 unspecified atom stereocenters. The van der Waals surface area contributed by atoms with Crippen LogP contribution in [-0.4, -0.2) is 22.3 Å². The lowest BCUT2D eigenvalue weighted by Gasteiger charge is -2.15. The molecule has 0 aliphatic rings. The van der Waals surface area contributed by atoms with Crippen molar-refractivity contribution in [3.8, 4) is 5.75 Å². The van der Waals surface area contributed by atoms with Crippen molar-refractivity contribution in [3.05, 3.63) is 65.5 Å². The molecule has 0 saturated carbocycles. The Morgan fingerprint density at radius 1 is 1.17 bits per heavy atom. The molecular formula is C16H14FNO5. The number of amides is 1. The fourth-order valence-corrected chi connectivity index (χ4v) is 1.93. The first-order chi connectivity index (χ1) is 11.0. The summed E-state index contributed by atoms with van der Waals surface area (Å²) in [6.07, 6.45) is -0.968. The van der Waals surface area contributed by atoms with E-state index in [4.69, 9.17) is 9.84 Å². The summed E-state index contributed by atoms with van der Waals surface area (Å²) in [6, 6.07) is 10.1. The SMILES string of the molecule is O=C(NC(C(=O)O)c1cc(O)cc(F)c1)OCc1ccccc1. The van der Waals surface area contributed by atoms with E-state index in [0.29, 0.717) is 0 Å². The topological polar surface area (TPSA) is 95.9 Å². The Kier molecular flexibility index (Phi) is 5.14. The summed E-state index contributed by atoms with van der Waals surface area (Å²) in [6.45, 7) is -0.0343. The van der Waals surface area contributed by atoms with Gasteiger partial charge in [-0.25, -0.2) is 14.0 Å². The van der Waals surface area contributed by atoms with Gasteiger partial charge in [-0.2, -0.15) is 0 Å². The van der Waals surface area contributed by atoms with Crippen LogP contribution in [0.4, 0.5) is 9.18 Å². The molecule has 0 aliphatic heterocycles. The number of carbonyl (C=O) groups excluding carboxylic acids is 1. The standard InChI is InChI=1S/C16H14FNO5/c17-12-6-11(7-13(19)8-12)14(15(20)21)18-16(22)23-9-10-4-2-1-3-5-10/h1-8,14,19H,9H2,(H,18,22)(H,20,21). The number of aromatic hydroxyl groups is 1. The molecule has 6 nitrogen and oxygen atoms in total. The molecule has 0 saturated heterocycles. The van der Waals surface area contributed by atoms with Crippen LogP contribution in [0.1, 0.15) is 17.2 Å². The average Bonchev–Trinajstić information content (AvgIpc) is 2.50. The number of carbonyl (C=O) groups is 2. The number of phenols is 1. The number of alkyl carbamates (subject to hydrolysis) is 1. The molecule has 0 fully saturated rings. The van der Waals surface area contributed by atoms with Gasteiger partial charge in [-0.15, -0.1) is 0 Å². The van der Waals surface area contributed by atoms with Crippen LogP contribution < -0.4 is 5.32 Å². The van der Waals surface area contributed by atoms with Gasteiger partial charge < -0.3 is 20.3 Å². The van der Waals surface area contributed by atoms with Crippen LogP contribution in [0, 0.1) is 5.82 Å². The predicted octanol–water partition coefficient (Wildman–Crippen LogP) is 2.58. The summed E-state index contributed by atoms with van der Waals surface area (Å²) in [5, 5.41) is 20.6. The second-order valence-corrected chi connectivity index (χ2v) is 4.72. The van der Waals surface area contributed by atoms with Gasteiger partial charge in [0.15, 0.2) is 6.04 Å². The Morgan fingerprint density at radius 2 is 1.87 bits per heavy atom. The lowest BCUT2D eigenvalue weighted by molar-refractivity contribution is -0.139. The molecule has 7 heteroatoms. The largest absolute Gasteiger partial charge is 0.508 e. The maximum Gasteiger partial charge on any atom is 0.408 e. The smallest absolute Gasteiger partial charge is 0.408 e. The predicted molar refractivity (Wildman–Crippen MR) is 78.2 cm³/mol. The summed E-state index contributed by atoms with van der Waals surface area (Å²) in [7, 11) is 0. The summed E-state index contributed by atoms with van der Waals surface area (Å²) < 4.78 is 18.2. The van der Waals surface area contributed by atoms with E-state index >= 15 is 0 Å². The van der Waals surface area contributed by atoms with Crippen LogP contribution in [0.15, 0.2) is 48.5 Å². The van der Waals surface area contributed by atoms with Gasteiger partial charge in [0.25, 0.3) is 0 Å². The molecule has 2 aromatic carbocycles. The number of hydrogen-bond donors (Lipinski definition) is 3. The van der Waals surface area contributed by atoms with E-state index in [1.165, 1.54) is 0 Å². The number of carboxylic acids is 1. The zero-order chi connectivity index (χ0) is 16.8. The zero-order valence-corrected chi connectivity index (χ0v) is 11.9. The zero-order valence-electron chi connectivity index (χ0n) is 11.9. The molecule has 23 heavy (non-hydrogen) atoms. The molecule has 120 valence electrons. The van der Waals surface area contributed by atoms with E-state index < -0.39 is 29.7 Å². The fraction of sp³-hybridized carbons (Fsp3) is 0.125. The summed E-state index contributed by atoms with van der Waals surface area (Å²) >= 11 is 0.